The summed E-state index contributed by atoms with van der Waals surface area (Å²) in [5, 5.41) is 0. The molecule has 6 aromatic carbocycles. The van der Waals surface area contributed by atoms with Crippen LogP contribution < -0.4 is 14.7 Å². The summed E-state index contributed by atoms with van der Waals surface area (Å²) in [5.41, 5.74) is 7.46. The maximum Gasteiger partial charge on any atom is 0.233 e. The lowest BCUT2D eigenvalue weighted by Gasteiger charge is -2.31. The van der Waals surface area contributed by atoms with Gasteiger partial charge < -0.3 is 37.0 Å². The van der Waals surface area contributed by atoms with Crippen molar-refractivity contribution in [3.8, 4) is 0 Å². The first-order valence-corrected chi connectivity index (χ1v) is 35.0. The fourth-order valence-electron chi connectivity index (χ4n) is 15.1. The van der Waals surface area contributed by atoms with Crippen LogP contribution in [-0.4, -0.2) is 132 Å². The number of hydrogen-bond acceptors (Lipinski definition) is 6. The number of benzene rings is 6. The molecular formula is C84H120N6O6. The Kier molecular flexibility index (Phi) is 34.1. The molecule has 3 saturated heterocycles. The van der Waals surface area contributed by atoms with Crippen LogP contribution in [0.15, 0.2) is 182 Å². The second-order valence-electron chi connectivity index (χ2n) is 27.7. The van der Waals surface area contributed by atoms with E-state index in [0.717, 1.165) is 94.1 Å². The van der Waals surface area contributed by atoms with Crippen LogP contribution >= 0.6 is 0 Å². The lowest BCUT2D eigenvalue weighted by atomic mass is 9.71. The van der Waals surface area contributed by atoms with Crippen molar-refractivity contribution >= 4 is 35.4 Å². The Morgan fingerprint density at radius 2 is 0.531 bits per heavy atom. The van der Waals surface area contributed by atoms with Gasteiger partial charge in [-0.3, -0.25) is 43.5 Å². The molecule has 3 aliphatic rings. The van der Waals surface area contributed by atoms with Crippen molar-refractivity contribution in [3.63, 3.8) is 0 Å². The first-order chi connectivity index (χ1) is 44.8. The van der Waals surface area contributed by atoms with Crippen molar-refractivity contribution < 1.29 is 43.5 Å². The van der Waals surface area contributed by atoms with Crippen LogP contribution in [0.5, 0.6) is 0 Å². The molecule has 3 heterocycles. The maximum absolute atomic E-state index is 13.9. The third-order valence-corrected chi connectivity index (χ3v) is 20.3. The topological polar surface area (TPSA) is 125 Å². The van der Waals surface area contributed by atoms with E-state index < -0.39 is 0 Å². The predicted molar refractivity (Wildman–Crippen MR) is 394 cm³/mol. The molecule has 12 heteroatoms. The van der Waals surface area contributed by atoms with Crippen LogP contribution in [0.2, 0.25) is 0 Å². The molecule has 6 amide bonds. The first-order valence-electron chi connectivity index (χ1n) is 35.0. The summed E-state index contributed by atoms with van der Waals surface area (Å²) in [4.78, 5) is 87.9. The van der Waals surface area contributed by atoms with Crippen LogP contribution in [0.1, 0.15) is 168 Å². The van der Waals surface area contributed by atoms with Gasteiger partial charge in [-0.05, 0) is 107 Å². The molecule has 12 atom stereocenters. The summed E-state index contributed by atoms with van der Waals surface area (Å²) in [6, 6.07) is 63.0. The average molecular weight is 1310 g/mol. The minimum atomic E-state index is -0.338. The highest BCUT2D eigenvalue weighted by molar-refractivity contribution is 6.06. The molecule has 0 radical (unpaired) electrons. The van der Waals surface area contributed by atoms with Gasteiger partial charge in [0, 0.05) is 56.7 Å². The minimum Gasteiger partial charge on any atom is -0.358 e. The number of imide groups is 3. The van der Waals surface area contributed by atoms with Gasteiger partial charge in [0.05, 0.1) is 79.7 Å². The number of carbonyl (C=O) groups excluding carboxylic acids is 6. The molecule has 3 fully saturated rings. The summed E-state index contributed by atoms with van der Waals surface area (Å²) in [5.74, 6) is -0.462. The highest BCUT2D eigenvalue weighted by atomic mass is 16.2. The van der Waals surface area contributed by atoms with Gasteiger partial charge in [-0.2, -0.15) is 0 Å². The van der Waals surface area contributed by atoms with Crippen LogP contribution in [0, 0.1) is 57.8 Å². The molecule has 12 nitrogen and oxygen atoms in total. The summed E-state index contributed by atoms with van der Waals surface area (Å²) < 4.78 is 0. The van der Waals surface area contributed by atoms with E-state index in [1.165, 1.54) is 41.2 Å². The fourth-order valence-corrected chi connectivity index (χ4v) is 15.1. The van der Waals surface area contributed by atoms with Crippen molar-refractivity contribution in [2.24, 2.45) is 35.5 Å². The molecule has 6 aromatic rings. The molecule has 522 valence electrons. The van der Waals surface area contributed by atoms with Crippen molar-refractivity contribution in [1.82, 2.24) is 14.7 Å². The Hall–Kier alpha value is -7.38. The number of carbonyl (C=O) groups is 6. The number of nitrogens with zero attached hydrogens (tertiary/aromatic N) is 3. The monoisotopic (exact) mass is 1310 g/mol. The molecule has 3 N–H and O–H groups in total. The van der Waals surface area contributed by atoms with Crippen LogP contribution in [0.4, 0.5) is 0 Å². The lowest BCUT2D eigenvalue weighted by Crippen LogP contribution is -3.05. The fraction of sp³-hybridized carbons (Fsp3) is 0.464. The van der Waals surface area contributed by atoms with Gasteiger partial charge in [-0.15, -0.1) is 0 Å². The van der Waals surface area contributed by atoms with E-state index in [-0.39, 0.29) is 117 Å². The molecule has 0 saturated carbocycles. The highest BCUT2D eigenvalue weighted by Crippen LogP contribution is 2.47. The standard InChI is InChI=1S/C35H44N2O2.C27H36N2O2.C19H28N2O2.3CH3/c1-5-27(28-16-9-6-10-17-28)24-31(29-18-11-7-12-19-29)25-32(30-20-13-8-14-21-30)33-26(2)34(38)37(35(33)39)23-15-22-36(3)4;1-5-21(22-13-8-6-9-14-22)19-24(23-15-10-7-11-16-23)25-20(2)26(30)29(27(25)31)18-12-17-28(3)4;1-5-16(15-10-7-6-8-11-15)17-14(2)18(22)21(19(17)23)13-9-12-20(3)4;;;/h6-14,16-21,26-27,31-33H,5,15,22-25H2,1-4H3;6-11,13-16,20-21,24-25H,5,12,17-19H2,1-4H3;6-8,10-11,14,16-17H,5,9,12-13H2,1-4H3;3*1H3/q;;;3*-1/p+3. The molecule has 3 aliphatic heterocycles. The quantitative estimate of drug-likeness (QED) is 0.0305. The zero-order valence-electron chi connectivity index (χ0n) is 61.1. The van der Waals surface area contributed by atoms with Gasteiger partial charge in [0.2, 0.25) is 35.4 Å². The Balaban J connectivity index is 0.000000312. The molecule has 0 bridgehead atoms. The third kappa shape index (κ3) is 21.3. The van der Waals surface area contributed by atoms with E-state index in [1.54, 1.807) is 4.90 Å². The number of nitrogens with one attached hydrogen (secondary N) is 3. The normalized spacial score (nSPS) is 20.3. The Bertz CT molecular complexity index is 3240. The SMILES string of the molecule is CCC(CC(CC(c1ccccc1)C1C(=O)N(CCC[NH+](C)C)C(=O)C1C)c1ccccc1)c1ccccc1.CCC(CC(c1ccccc1)C1C(=O)N(CCC[NH+](C)C)C(=O)C1C)c1ccccc1.CCC(c1ccccc1)C1C(=O)N(CCC[NH+](C)C)C(=O)C1C.[CH3-].[CH3-].[CH3-]. The van der Waals surface area contributed by atoms with Gasteiger partial charge in [0.1, 0.15) is 0 Å². The largest absolute Gasteiger partial charge is 0.358 e. The second-order valence-corrected chi connectivity index (χ2v) is 27.7. The Morgan fingerprint density at radius 1 is 0.302 bits per heavy atom. The van der Waals surface area contributed by atoms with Crippen LogP contribution in [0.3, 0.4) is 0 Å². The van der Waals surface area contributed by atoms with Crippen molar-refractivity contribution in [1.29, 1.82) is 0 Å². The van der Waals surface area contributed by atoms with E-state index in [4.69, 9.17) is 0 Å². The molecule has 96 heavy (non-hydrogen) atoms. The Labute approximate surface area is 580 Å². The first kappa shape index (κ1) is 81.1. The number of likely N-dealkylation sites (tertiary alicyclic amines) is 3. The molecule has 9 rings (SSSR count). The maximum atomic E-state index is 13.9. The van der Waals surface area contributed by atoms with Gasteiger partial charge in [-0.1, -0.05) is 224 Å². The number of hydrogen-bond donors (Lipinski definition) is 3. The molecule has 0 aliphatic carbocycles. The molecule has 12 unspecified atom stereocenters. The Morgan fingerprint density at radius 3 is 0.792 bits per heavy atom. The molecule has 0 spiro atoms. The smallest absolute Gasteiger partial charge is 0.233 e. The van der Waals surface area contributed by atoms with Gasteiger partial charge >= 0.3 is 0 Å². The van der Waals surface area contributed by atoms with Crippen molar-refractivity contribution in [2.45, 2.75) is 135 Å². The predicted octanol–water partition coefficient (Wildman–Crippen LogP) is 11.9. The van der Waals surface area contributed by atoms with E-state index in [0.29, 0.717) is 31.5 Å². The molecule has 0 aromatic heterocycles. The lowest BCUT2D eigenvalue weighted by molar-refractivity contribution is -0.858. The van der Waals surface area contributed by atoms with E-state index >= 15 is 0 Å². The van der Waals surface area contributed by atoms with E-state index in [2.05, 4.69) is 197 Å². The number of amides is 6. The summed E-state index contributed by atoms with van der Waals surface area (Å²) in [7, 11) is 12.6. The van der Waals surface area contributed by atoms with E-state index in [1.807, 2.05) is 69.3 Å². The van der Waals surface area contributed by atoms with Gasteiger partial charge in [0.15, 0.2) is 0 Å². The minimum absolute atomic E-state index is 0. The van der Waals surface area contributed by atoms with Crippen molar-refractivity contribution in [3.05, 3.63) is 238 Å². The van der Waals surface area contributed by atoms with Crippen LogP contribution in [0.25, 0.3) is 0 Å². The zero-order chi connectivity index (χ0) is 67.1. The van der Waals surface area contributed by atoms with E-state index in [9.17, 15) is 28.8 Å². The van der Waals surface area contributed by atoms with Gasteiger partial charge in [0.25, 0.3) is 0 Å². The molecular weight excluding hydrogens is 1190 g/mol. The summed E-state index contributed by atoms with van der Waals surface area (Å²) in [6.07, 6.45) is 8.18. The van der Waals surface area contributed by atoms with Crippen LogP contribution in [-0.2, 0) is 28.8 Å². The van der Waals surface area contributed by atoms with Crippen molar-refractivity contribution in [2.75, 3.05) is 81.6 Å². The average Bonchev–Trinajstić information content (AvgIpc) is 1.66. The summed E-state index contributed by atoms with van der Waals surface area (Å²) in [6.45, 7) is 16.8. The van der Waals surface area contributed by atoms with Gasteiger partial charge in [-0.25, -0.2) is 0 Å². The highest BCUT2D eigenvalue weighted by Gasteiger charge is 2.51. The summed E-state index contributed by atoms with van der Waals surface area (Å²) >= 11 is 0. The zero-order valence-corrected chi connectivity index (χ0v) is 61.1. The number of rotatable bonds is 30. The third-order valence-electron chi connectivity index (χ3n) is 20.3. The second kappa shape index (κ2) is 40.4. The number of quaternary nitrogens is 3.